The van der Waals surface area contributed by atoms with Crippen molar-refractivity contribution in [3.05, 3.63) is 10.6 Å². The largest absolute Gasteiger partial charge is 0.367 e. The van der Waals surface area contributed by atoms with Gasteiger partial charge in [0.15, 0.2) is 0 Å². The van der Waals surface area contributed by atoms with Crippen LogP contribution in [0.1, 0.15) is 34.6 Å². The van der Waals surface area contributed by atoms with E-state index in [2.05, 4.69) is 22.0 Å². The molecule has 1 aliphatic heterocycles. The molecule has 0 spiro atoms. The smallest absolute Gasteiger partial charge is 0.322 e. The minimum absolute atomic E-state index is 0.270. The molecule has 0 N–H and O–H groups in total. The second-order valence-corrected chi connectivity index (χ2v) is 5.44. The van der Waals surface area contributed by atoms with Crippen LogP contribution in [0, 0.1) is 0 Å². The van der Waals surface area contributed by atoms with E-state index in [-0.39, 0.29) is 17.0 Å². The first-order valence-corrected chi connectivity index (χ1v) is 5.35. The number of halogens is 1. The lowest BCUT2D eigenvalue weighted by Gasteiger charge is -2.38. The number of hydroxylamine groups is 2. The monoisotopic (exact) mass is 261 g/mol. The Morgan fingerprint density at radius 3 is 2.21 bits per heavy atom. The molecule has 0 saturated carbocycles. The lowest BCUT2D eigenvalue weighted by atomic mass is 10.1. The summed E-state index contributed by atoms with van der Waals surface area (Å²) in [5.74, 6) is -0.290. The lowest BCUT2D eigenvalue weighted by molar-refractivity contribution is -0.227. The maximum atomic E-state index is 11.0. The van der Waals surface area contributed by atoms with Crippen LogP contribution in [0.5, 0.6) is 0 Å². The van der Waals surface area contributed by atoms with Crippen molar-refractivity contribution in [1.82, 2.24) is 5.06 Å². The summed E-state index contributed by atoms with van der Waals surface area (Å²) in [4.78, 5) is 16.2. The fraction of sp³-hybridized carbons (Fsp3) is 0.700. The highest BCUT2D eigenvalue weighted by molar-refractivity contribution is 9.11. The minimum atomic E-state index is -0.296. The zero-order valence-corrected chi connectivity index (χ0v) is 10.8. The van der Waals surface area contributed by atoms with Gasteiger partial charge in [-0.2, -0.15) is 0 Å². The number of nitrogens with zero attached hydrogens (tertiary/aromatic N) is 1. The van der Waals surface area contributed by atoms with E-state index in [4.69, 9.17) is 4.84 Å². The first-order chi connectivity index (χ1) is 6.18. The van der Waals surface area contributed by atoms with Gasteiger partial charge in [0.25, 0.3) is 0 Å². The molecule has 1 aliphatic rings. The average Bonchev–Trinajstić information content (AvgIpc) is 2.10. The molecule has 0 atom stereocenters. The van der Waals surface area contributed by atoms with Gasteiger partial charge in [-0.25, -0.2) is 0 Å². The minimum Gasteiger partial charge on any atom is -0.367 e. The molecule has 1 heterocycles. The van der Waals surface area contributed by atoms with Gasteiger partial charge in [-0.05, 0) is 33.8 Å². The lowest BCUT2D eigenvalue weighted by Crippen LogP contribution is -2.50. The normalized spacial score (nSPS) is 24.6. The molecular formula is C10H16BrNO2. The van der Waals surface area contributed by atoms with Gasteiger partial charge in [0.2, 0.25) is 0 Å². The van der Waals surface area contributed by atoms with Crippen molar-refractivity contribution < 1.29 is 9.63 Å². The molecule has 0 amide bonds. The Morgan fingerprint density at radius 2 is 1.93 bits per heavy atom. The third kappa shape index (κ3) is 1.86. The van der Waals surface area contributed by atoms with Crippen LogP contribution >= 0.6 is 15.9 Å². The van der Waals surface area contributed by atoms with E-state index in [1.807, 2.05) is 27.7 Å². The Hall–Kier alpha value is -0.350. The van der Waals surface area contributed by atoms with Gasteiger partial charge in [-0.3, -0.25) is 4.79 Å². The maximum absolute atomic E-state index is 11.0. The molecule has 0 bridgehead atoms. The third-order valence-corrected chi connectivity index (χ3v) is 3.51. The summed E-state index contributed by atoms with van der Waals surface area (Å²) in [5, 5.41) is 1.71. The van der Waals surface area contributed by atoms with Gasteiger partial charge in [0, 0.05) is 11.4 Å². The van der Waals surface area contributed by atoms with Gasteiger partial charge in [0.1, 0.15) is 0 Å². The van der Waals surface area contributed by atoms with Gasteiger partial charge >= 0.3 is 5.97 Å². The number of hydrogen-bond acceptors (Lipinski definition) is 3. The summed E-state index contributed by atoms with van der Waals surface area (Å²) in [6.07, 6.45) is 2.05. The highest BCUT2D eigenvalue weighted by Gasteiger charge is 2.47. The fourth-order valence-corrected chi connectivity index (χ4v) is 2.44. The predicted octanol–water partition coefficient (Wildman–Crippen LogP) is 2.62. The van der Waals surface area contributed by atoms with E-state index in [1.54, 1.807) is 5.06 Å². The number of carbonyl (C=O) groups excluding carboxylic acids is 1. The zero-order valence-electron chi connectivity index (χ0n) is 9.22. The first-order valence-electron chi connectivity index (χ1n) is 4.55. The van der Waals surface area contributed by atoms with Crippen molar-refractivity contribution in [2.75, 3.05) is 0 Å². The first kappa shape index (κ1) is 11.7. The molecule has 0 aromatic rings. The summed E-state index contributed by atoms with van der Waals surface area (Å²) < 4.78 is 1.04. The van der Waals surface area contributed by atoms with Crippen molar-refractivity contribution in [2.24, 2.45) is 0 Å². The van der Waals surface area contributed by atoms with Crippen molar-refractivity contribution in [3.8, 4) is 0 Å². The molecule has 0 unspecified atom stereocenters. The standard InChI is InChI=1S/C10H16BrNO2/c1-7(13)14-12-9(2,3)6-8(11)10(12,4)5/h6H,1-5H3. The van der Waals surface area contributed by atoms with Crippen LogP contribution in [-0.4, -0.2) is 22.1 Å². The molecule has 3 nitrogen and oxygen atoms in total. The predicted molar refractivity (Wildman–Crippen MR) is 58.8 cm³/mol. The second-order valence-electron chi connectivity index (χ2n) is 4.58. The molecule has 4 heteroatoms. The summed E-state index contributed by atoms with van der Waals surface area (Å²) in [6.45, 7) is 9.44. The third-order valence-electron chi connectivity index (χ3n) is 2.32. The molecule has 0 aromatic carbocycles. The van der Waals surface area contributed by atoms with Crippen molar-refractivity contribution in [3.63, 3.8) is 0 Å². The Balaban J connectivity index is 2.99. The highest BCUT2D eigenvalue weighted by Crippen LogP contribution is 2.42. The van der Waals surface area contributed by atoms with Crippen LogP contribution in [0.2, 0.25) is 0 Å². The van der Waals surface area contributed by atoms with Crippen LogP contribution < -0.4 is 0 Å². The molecule has 14 heavy (non-hydrogen) atoms. The maximum Gasteiger partial charge on any atom is 0.322 e. The summed E-state index contributed by atoms with van der Waals surface area (Å²) in [7, 11) is 0. The molecular weight excluding hydrogens is 246 g/mol. The van der Waals surface area contributed by atoms with Gasteiger partial charge in [-0.15, -0.1) is 5.06 Å². The Bertz CT molecular complexity index is 294. The van der Waals surface area contributed by atoms with E-state index in [0.717, 1.165) is 4.48 Å². The molecule has 1 rings (SSSR count). The van der Waals surface area contributed by atoms with Crippen LogP contribution in [0.25, 0.3) is 0 Å². The van der Waals surface area contributed by atoms with Gasteiger partial charge < -0.3 is 4.84 Å². The number of carbonyl (C=O) groups is 1. The van der Waals surface area contributed by atoms with E-state index >= 15 is 0 Å². The SMILES string of the molecule is CC(=O)ON1C(C)(C)C=C(Br)C1(C)C. The molecule has 0 radical (unpaired) electrons. The van der Waals surface area contributed by atoms with Crippen LogP contribution in [0.15, 0.2) is 10.6 Å². The molecule has 0 aromatic heterocycles. The van der Waals surface area contributed by atoms with Crippen molar-refractivity contribution >= 4 is 21.9 Å². The fourth-order valence-electron chi connectivity index (χ4n) is 1.72. The Morgan fingerprint density at radius 1 is 1.43 bits per heavy atom. The Labute approximate surface area is 93.2 Å². The van der Waals surface area contributed by atoms with Crippen molar-refractivity contribution in [2.45, 2.75) is 45.7 Å². The van der Waals surface area contributed by atoms with Crippen molar-refractivity contribution in [1.29, 1.82) is 0 Å². The molecule has 0 fully saturated rings. The zero-order chi connectivity index (χ0) is 11.1. The molecule has 80 valence electrons. The highest BCUT2D eigenvalue weighted by atomic mass is 79.9. The van der Waals surface area contributed by atoms with Gasteiger partial charge in [0.05, 0.1) is 11.1 Å². The van der Waals surface area contributed by atoms with Crippen LogP contribution in [0.4, 0.5) is 0 Å². The second kappa shape index (κ2) is 3.35. The quantitative estimate of drug-likeness (QED) is 0.727. The number of hydrogen-bond donors (Lipinski definition) is 0. The summed E-state index contributed by atoms with van der Waals surface area (Å²) in [5.41, 5.74) is -0.566. The van der Waals surface area contributed by atoms with Crippen LogP contribution in [-0.2, 0) is 9.63 Å². The molecule has 0 aliphatic carbocycles. The van der Waals surface area contributed by atoms with E-state index < -0.39 is 0 Å². The summed E-state index contributed by atoms with van der Waals surface area (Å²) in [6, 6.07) is 0. The topological polar surface area (TPSA) is 29.5 Å². The van der Waals surface area contributed by atoms with Gasteiger partial charge in [-0.1, -0.05) is 15.9 Å². The number of rotatable bonds is 1. The average molecular weight is 262 g/mol. The Kier molecular flexibility index (Phi) is 2.80. The van der Waals surface area contributed by atoms with E-state index in [0.29, 0.717) is 0 Å². The van der Waals surface area contributed by atoms with Crippen LogP contribution in [0.3, 0.4) is 0 Å². The van der Waals surface area contributed by atoms with E-state index in [9.17, 15) is 4.79 Å². The van der Waals surface area contributed by atoms with E-state index in [1.165, 1.54) is 6.92 Å². The molecule has 0 saturated heterocycles. The summed E-state index contributed by atoms with van der Waals surface area (Å²) >= 11 is 3.49.